The zero-order valence-corrected chi connectivity index (χ0v) is 12.4. The standard InChI is InChI=1S/C18H25NO/c1-2-19(16-6-4-3-5-7-16)17-9-14-8-15(10-17)12-18(20,11-14)13-17/h3-7,14-15,20H,2,8-13H2,1H3. The summed E-state index contributed by atoms with van der Waals surface area (Å²) in [6.45, 7) is 3.30. The fourth-order valence-corrected chi connectivity index (χ4v) is 5.88. The molecule has 108 valence electrons. The van der Waals surface area contributed by atoms with Crippen LogP contribution in [0.1, 0.15) is 45.4 Å². The van der Waals surface area contributed by atoms with Crippen molar-refractivity contribution >= 4 is 5.69 Å². The molecule has 2 heteroatoms. The van der Waals surface area contributed by atoms with E-state index >= 15 is 0 Å². The van der Waals surface area contributed by atoms with Crippen LogP contribution in [0.25, 0.3) is 0 Å². The third-order valence-electron chi connectivity index (χ3n) is 5.96. The lowest BCUT2D eigenvalue weighted by Crippen LogP contribution is -2.65. The molecule has 1 aromatic carbocycles. The first-order valence-electron chi connectivity index (χ1n) is 8.18. The van der Waals surface area contributed by atoms with Gasteiger partial charge in [-0.25, -0.2) is 0 Å². The average molecular weight is 271 g/mol. The van der Waals surface area contributed by atoms with Crippen molar-refractivity contribution in [2.45, 2.75) is 56.6 Å². The Kier molecular flexibility index (Phi) is 2.69. The summed E-state index contributed by atoms with van der Waals surface area (Å²) >= 11 is 0. The van der Waals surface area contributed by atoms with Gasteiger partial charge in [-0.15, -0.1) is 0 Å². The number of anilines is 1. The summed E-state index contributed by atoms with van der Waals surface area (Å²) < 4.78 is 0. The quantitative estimate of drug-likeness (QED) is 0.908. The fraction of sp³-hybridized carbons (Fsp3) is 0.667. The van der Waals surface area contributed by atoms with E-state index in [0.29, 0.717) is 0 Å². The van der Waals surface area contributed by atoms with Crippen LogP contribution in [0, 0.1) is 11.8 Å². The number of nitrogens with zero attached hydrogens (tertiary/aromatic N) is 1. The molecule has 5 rings (SSSR count). The predicted molar refractivity (Wildman–Crippen MR) is 81.8 cm³/mol. The molecule has 2 unspecified atom stereocenters. The molecule has 0 aliphatic heterocycles. The molecule has 0 amide bonds. The molecule has 4 bridgehead atoms. The lowest BCUT2D eigenvalue weighted by molar-refractivity contribution is -0.134. The SMILES string of the molecule is CCN(c1ccccc1)C12CC3CC(CC(O)(C3)C1)C2. The van der Waals surface area contributed by atoms with Gasteiger partial charge < -0.3 is 10.0 Å². The normalized spacial score (nSPS) is 41.9. The van der Waals surface area contributed by atoms with E-state index in [1.54, 1.807) is 0 Å². The van der Waals surface area contributed by atoms with Crippen molar-refractivity contribution in [1.82, 2.24) is 0 Å². The number of para-hydroxylation sites is 1. The summed E-state index contributed by atoms with van der Waals surface area (Å²) in [5, 5.41) is 10.9. The number of hydrogen-bond donors (Lipinski definition) is 1. The van der Waals surface area contributed by atoms with Crippen molar-refractivity contribution in [2.75, 3.05) is 11.4 Å². The Labute approximate surface area is 121 Å². The van der Waals surface area contributed by atoms with Crippen molar-refractivity contribution in [3.8, 4) is 0 Å². The highest BCUT2D eigenvalue weighted by Crippen LogP contribution is 2.59. The Bertz CT molecular complexity index is 483. The molecule has 1 aromatic rings. The minimum atomic E-state index is -0.369. The Morgan fingerprint density at radius 1 is 1.10 bits per heavy atom. The largest absolute Gasteiger partial charge is 0.390 e. The van der Waals surface area contributed by atoms with Crippen molar-refractivity contribution in [3.05, 3.63) is 30.3 Å². The molecule has 4 fully saturated rings. The first kappa shape index (κ1) is 12.7. The molecular weight excluding hydrogens is 246 g/mol. The van der Waals surface area contributed by atoms with Gasteiger partial charge >= 0.3 is 0 Å². The lowest BCUT2D eigenvalue weighted by atomic mass is 9.50. The third-order valence-corrected chi connectivity index (χ3v) is 5.96. The fourth-order valence-electron chi connectivity index (χ4n) is 5.88. The van der Waals surface area contributed by atoms with E-state index in [2.05, 4.69) is 42.2 Å². The van der Waals surface area contributed by atoms with E-state index in [-0.39, 0.29) is 11.1 Å². The molecule has 1 N–H and O–H groups in total. The maximum atomic E-state index is 10.9. The van der Waals surface area contributed by atoms with E-state index in [4.69, 9.17) is 0 Å². The van der Waals surface area contributed by atoms with Gasteiger partial charge in [0.15, 0.2) is 0 Å². The van der Waals surface area contributed by atoms with Crippen LogP contribution >= 0.6 is 0 Å². The van der Waals surface area contributed by atoms with Gasteiger partial charge in [0.05, 0.1) is 5.60 Å². The topological polar surface area (TPSA) is 23.5 Å². The Morgan fingerprint density at radius 3 is 2.30 bits per heavy atom. The van der Waals surface area contributed by atoms with Crippen LogP contribution < -0.4 is 4.90 Å². The van der Waals surface area contributed by atoms with E-state index in [1.807, 2.05) is 0 Å². The van der Waals surface area contributed by atoms with E-state index in [0.717, 1.165) is 37.6 Å². The van der Waals surface area contributed by atoms with Crippen LogP contribution in [0.5, 0.6) is 0 Å². The lowest BCUT2D eigenvalue weighted by Gasteiger charge is -2.63. The molecule has 0 spiro atoms. The van der Waals surface area contributed by atoms with E-state index in [9.17, 15) is 5.11 Å². The molecule has 4 saturated carbocycles. The van der Waals surface area contributed by atoms with Crippen molar-refractivity contribution in [2.24, 2.45) is 11.8 Å². The molecule has 4 aliphatic carbocycles. The minimum absolute atomic E-state index is 0.217. The smallest absolute Gasteiger partial charge is 0.0675 e. The molecule has 4 aliphatic rings. The number of hydrogen-bond acceptors (Lipinski definition) is 2. The van der Waals surface area contributed by atoms with Crippen LogP contribution in [0.4, 0.5) is 5.69 Å². The predicted octanol–water partition coefficient (Wildman–Crippen LogP) is 3.60. The van der Waals surface area contributed by atoms with Crippen LogP contribution in [0.2, 0.25) is 0 Å². The summed E-state index contributed by atoms with van der Waals surface area (Å²) in [6.07, 6.45) is 7.02. The van der Waals surface area contributed by atoms with Gasteiger partial charge in [0, 0.05) is 17.8 Å². The van der Waals surface area contributed by atoms with Crippen LogP contribution in [-0.2, 0) is 0 Å². The van der Waals surface area contributed by atoms with E-state index < -0.39 is 0 Å². The molecule has 2 nitrogen and oxygen atoms in total. The maximum absolute atomic E-state index is 10.9. The van der Waals surface area contributed by atoms with Gasteiger partial charge in [-0.2, -0.15) is 0 Å². The van der Waals surface area contributed by atoms with Gasteiger partial charge in [0.2, 0.25) is 0 Å². The van der Waals surface area contributed by atoms with Gasteiger partial charge in [0.25, 0.3) is 0 Å². The van der Waals surface area contributed by atoms with Gasteiger partial charge in [-0.3, -0.25) is 0 Å². The second kappa shape index (κ2) is 4.24. The van der Waals surface area contributed by atoms with Gasteiger partial charge in [0.1, 0.15) is 0 Å². The average Bonchev–Trinajstić information content (AvgIpc) is 2.37. The Morgan fingerprint density at radius 2 is 1.75 bits per heavy atom. The van der Waals surface area contributed by atoms with Crippen LogP contribution in [0.3, 0.4) is 0 Å². The molecule has 0 aromatic heterocycles. The zero-order valence-electron chi connectivity index (χ0n) is 12.4. The molecule has 0 radical (unpaired) electrons. The van der Waals surface area contributed by atoms with Crippen molar-refractivity contribution in [3.63, 3.8) is 0 Å². The molecule has 2 atom stereocenters. The third kappa shape index (κ3) is 1.81. The highest BCUT2D eigenvalue weighted by molar-refractivity contribution is 5.50. The number of benzene rings is 1. The first-order valence-corrected chi connectivity index (χ1v) is 8.18. The molecule has 20 heavy (non-hydrogen) atoms. The molecule has 0 saturated heterocycles. The summed E-state index contributed by atoms with van der Waals surface area (Å²) in [4.78, 5) is 2.59. The summed E-state index contributed by atoms with van der Waals surface area (Å²) in [5.74, 6) is 1.50. The highest BCUT2D eigenvalue weighted by atomic mass is 16.3. The maximum Gasteiger partial charge on any atom is 0.0675 e. The second-order valence-corrected chi connectivity index (χ2v) is 7.49. The summed E-state index contributed by atoms with van der Waals surface area (Å²) in [7, 11) is 0. The first-order chi connectivity index (χ1) is 9.62. The Balaban J connectivity index is 1.73. The van der Waals surface area contributed by atoms with Crippen molar-refractivity contribution < 1.29 is 5.11 Å². The monoisotopic (exact) mass is 271 g/mol. The minimum Gasteiger partial charge on any atom is -0.390 e. The zero-order chi connectivity index (χ0) is 13.8. The summed E-state index contributed by atoms with van der Waals surface area (Å²) in [5.41, 5.74) is 1.18. The number of aliphatic hydroxyl groups is 1. The van der Waals surface area contributed by atoms with Gasteiger partial charge in [-0.05, 0) is 69.4 Å². The van der Waals surface area contributed by atoms with Crippen LogP contribution in [-0.4, -0.2) is 22.8 Å². The highest BCUT2D eigenvalue weighted by Gasteiger charge is 2.59. The van der Waals surface area contributed by atoms with Crippen molar-refractivity contribution in [1.29, 1.82) is 0 Å². The second-order valence-electron chi connectivity index (χ2n) is 7.49. The molecular formula is C18H25NO. The molecule has 0 heterocycles. The van der Waals surface area contributed by atoms with E-state index in [1.165, 1.54) is 24.9 Å². The van der Waals surface area contributed by atoms with Gasteiger partial charge in [-0.1, -0.05) is 18.2 Å². The van der Waals surface area contributed by atoms with Crippen LogP contribution in [0.15, 0.2) is 30.3 Å². The summed E-state index contributed by atoms with van der Waals surface area (Å²) in [6, 6.07) is 10.8. The Hall–Kier alpha value is -1.02. The number of rotatable bonds is 3.